The molecule has 2 nitrogen and oxygen atoms in total. The Hall–Kier alpha value is -0.720. The summed E-state index contributed by atoms with van der Waals surface area (Å²) in [6.07, 6.45) is 1.84. The van der Waals surface area contributed by atoms with Crippen LogP contribution in [0.2, 0.25) is 5.02 Å². The van der Waals surface area contributed by atoms with Gasteiger partial charge in [0.15, 0.2) is 0 Å². The highest BCUT2D eigenvalue weighted by atomic mass is 79.9. The standard InChI is InChI=1S/C14H18BrClN2/c1-10(2)6-7-14(3,9-17)18-11-4-5-13(16)12(15)8-11/h4-5,8,10,18H,6-7H2,1-3H3. The van der Waals surface area contributed by atoms with Gasteiger partial charge in [-0.1, -0.05) is 25.4 Å². The van der Waals surface area contributed by atoms with Gasteiger partial charge in [0.2, 0.25) is 0 Å². The van der Waals surface area contributed by atoms with Gasteiger partial charge in [0.1, 0.15) is 5.54 Å². The molecule has 0 heterocycles. The number of nitriles is 1. The summed E-state index contributed by atoms with van der Waals surface area (Å²) in [5.41, 5.74) is 0.358. The fourth-order valence-electron chi connectivity index (χ4n) is 1.62. The van der Waals surface area contributed by atoms with Gasteiger partial charge >= 0.3 is 0 Å². The van der Waals surface area contributed by atoms with Gasteiger partial charge < -0.3 is 5.32 Å². The molecule has 1 atom stereocenters. The largest absolute Gasteiger partial charge is 0.368 e. The maximum absolute atomic E-state index is 9.33. The Morgan fingerprint density at radius 1 is 1.50 bits per heavy atom. The molecule has 0 fully saturated rings. The quantitative estimate of drug-likeness (QED) is 0.802. The average molecular weight is 330 g/mol. The highest BCUT2D eigenvalue weighted by Gasteiger charge is 2.23. The van der Waals surface area contributed by atoms with Gasteiger partial charge in [-0.15, -0.1) is 0 Å². The van der Waals surface area contributed by atoms with Crippen molar-refractivity contribution in [1.82, 2.24) is 0 Å². The molecule has 4 heteroatoms. The Labute approximate surface area is 122 Å². The van der Waals surface area contributed by atoms with Crippen molar-refractivity contribution in [2.24, 2.45) is 5.92 Å². The number of rotatable bonds is 5. The minimum absolute atomic E-state index is 0.544. The second-order valence-corrected chi connectivity index (χ2v) is 6.39. The molecule has 0 aliphatic rings. The maximum atomic E-state index is 9.33. The SMILES string of the molecule is CC(C)CCC(C)(C#N)Nc1ccc(Cl)c(Br)c1. The Balaban J connectivity index is 2.79. The van der Waals surface area contributed by atoms with Crippen LogP contribution in [0.5, 0.6) is 0 Å². The van der Waals surface area contributed by atoms with Crippen molar-refractivity contribution in [2.45, 2.75) is 39.2 Å². The molecule has 0 bridgehead atoms. The highest BCUT2D eigenvalue weighted by Crippen LogP contribution is 2.28. The van der Waals surface area contributed by atoms with Crippen LogP contribution in [0.1, 0.15) is 33.6 Å². The summed E-state index contributed by atoms with van der Waals surface area (Å²) in [5, 5.41) is 13.3. The zero-order chi connectivity index (χ0) is 13.8. The van der Waals surface area contributed by atoms with E-state index in [-0.39, 0.29) is 0 Å². The number of hydrogen-bond donors (Lipinski definition) is 1. The van der Waals surface area contributed by atoms with Crippen LogP contribution in [0, 0.1) is 17.2 Å². The fourth-order valence-corrected chi connectivity index (χ4v) is 2.11. The van der Waals surface area contributed by atoms with Crippen molar-refractivity contribution in [3.05, 3.63) is 27.7 Å². The normalized spacial score (nSPS) is 14.1. The van der Waals surface area contributed by atoms with Gasteiger partial charge in [-0.3, -0.25) is 0 Å². The lowest BCUT2D eigenvalue weighted by Crippen LogP contribution is -2.33. The second kappa shape index (κ2) is 6.45. The highest BCUT2D eigenvalue weighted by molar-refractivity contribution is 9.10. The van der Waals surface area contributed by atoms with Crippen molar-refractivity contribution in [3.63, 3.8) is 0 Å². The Bertz CT molecular complexity index is 454. The van der Waals surface area contributed by atoms with Crippen LogP contribution in [0.25, 0.3) is 0 Å². The first-order chi connectivity index (χ1) is 8.36. The predicted octanol–water partition coefficient (Wildman–Crippen LogP) is 5.23. The van der Waals surface area contributed by atoms with E-state index in [9.17, 15) is 5.26 Å². The molecule has 0 radical (unpaired) electrons. The number of hydrogen-bond acceptors (Lipinski definition) is 2. The molecule has 1 unspecified atom stereocenters. The summed E-state index contributed by atoms with van der Waals surface area (Å²) in [4.78, 5) is 0. The van der Waals surface area contributed by atoms with Crippen LogP contribution < -0.4 is 5.32 Å². The molecule has 0 aliphatic carbocycles. The lowest BCUT2D eigenvalue weighted by molar-refractivity contribution is 0.479. The lowest BCUT2D eigenvalue weighted by atomic mass is 9.93. The summed E-state index contributed by atoms with van der Waals surface area (Å²) in [6, 6.07) is 7.95. The van der Waals surface area contributed by atoms with Crippen LogP contribution in [-0.2, 0) is 0 Å². The predicted molar refractivity (Wildman–Crippen MR) is 80.9 cm³/mol. The molecule has 0 amide bonds. The zero-order valence-electron chi connectivity index (χ0n) is 10.9. The third-order valence-electron chi connectivity index (χ3n) is 2.81. The molecular formula is C14H18BrClN2. The summed E-state index contributed by atoms with van der Waals surface area (Å²) in [6.45, 7) is 6.26. The first-order valence-corrected chi connectivity index (χ1v) is 7.18. The first kappa shape index (κ1) is 15.3. The van der Waals surface area contributed by atoms with E-state index in [0.717, 1.165) is 23.0 Å². The lowest BCUT2D eigenvalue weighted by Gasteiger charge is -2.25. The van der Waals surface area contributed by atoms with E-state index in [1.165, 1.54) is 0 Å². The molecule has 1 aromatic rings. The van der Waals surface area contributed by atoms with Crippen molar-refractivity contribution >= 4 is 33.2 Å². The number of benzene rings is 1. The topological polar surface area (TPSA) is 35.8 Å². The summed E-state index contributed by atoms with van der Waals surface area (Å²) >= 11 is 9.33. The van der Waals surface area contributed by atoms with Gasteiger partial charge in [-0.05, 0) is 59.8 Å². The van der Waals surface area contributed by atoms with E-state index in [1.807, 2.05) is 25.1 Å². The molecule has 1 rings (SSSR count). The first-order valence-electron chi connectivity index (χ1n) is 6.01. The van der Waals surface area contributed by atoms with Crippen LogP contribution >= 0.6 is 27.5 Å². The number of anilines is 1. The van der Waals surface area contributed by atoms with Gasteiger partial charge in [0.25, 0.3) is 0 Å². The van der Waals surface area contributed by atoms with Gasteiger partial charge in [-0.25, -0.2) is 0 Å². The minimum atomic E-state index is -0.544. The van der Waals surface area contributed by atoms with E-state index in [0.29, 0.717) is 10.9 Å². The van der Waals surface area contributed by atoms with Crippen molar-refractivity contribution in [2.75, 3.05) is 5.32 Å². The van der Waals surface area contributed by atoms with Gasteiger partial charge in [0, 0.05) is 10.2 Å². The Kier molecular flexibility index (Phi) is 5.49. The fraction of sp³-hybridized carbons (Fsp3) is 0.500. The van der Waals surface area contributed by atoms with Crippen LogP contribution in [-0.4, -0.2) is 5.54 Å². The van der Waals surface area contributed by atoms with E-state index in [1.54, 1.807) is 0 Å². The molecule has 0 aromatic heterocycles. The molecule has 18 heavy (non-hydrogen) atoms. The molecule has 0 aliphatic heterocycles. The Morgan fingerprint density at radius 2 is 2.17 bits per heavy atom. The molecule has 98 valence electrons. The van der Waals surface area contributed by atoms with E-state index < -0.39 is 5.54 Å². The Morgan fingerprint density at radius 3 is 2.67 bits per heavy atom. The maximum Gasteiger partial charge on any atom is 0.122 e. The average Bonchev–Trinajstić information content (AvgIpc) is 2.31. The number of nitrogens with one attached hydrogen (secondary N) is 1. The van der Waals surface area contributed by atoms with E-state index >= 15 is 0 Å². The summed E-state index contributed by atoms with van der Waals surface area (Å²) < 4.78 is 0.832. The number of nitrogens with zero attached hydrogens (tertiary/aromatic N) is 1. The third kappa shape index (κ3) is 4.51. The van der Waals surface area contributed by atoms with Gasteiger partial charge in [0.05, 0.1) is 11.1 Å². The van der Waals surface area contributed by atoms with Crippen molar-refractivity contribution in [3.8, 4) is 6.07 Å². The van der Waals surface area contributed by atoms with Gasteiger partial charge in [-0.2, -0.15) is 5.26 Å². The summed E-state index contributed by atoms with van der Waals surface area (Å²) in [5.74, 6) is 0.594. The molecule has 1 aromatic carbocycles. The second-order valence-electron chi connectivity index (χ2n) is 5.13. The van der Waals surface area contributed by atoms with Crippen LogP contribution in [0.3, 0.4) is 0 Å². The molecule has 0 saturated carbocycles. The number of halogens is 2. The summed E-state index contributed by atoms with van der Waals surface area (Å²) in [7, 11) is 0. The van der Waals surface area contributed by atoms with Crippen molar-refractivity contribution < 1.29 is 0 Å². The molecule has 1 N–H and O–H groups in total. The molecule has 0 saturated heterocycles. The molecular weight excluding hydrogens is 312 g/mol. The monoisotopic (exact) mass is 328 g/mol. The zero-order valence-corrected chi connectivity index (χ0v) is 13.3. The van der Waals surface area contributed by atoms with Crippen LogP contribution in [0.4, 0.5) is 5.69 Å². The van der Waals surface area contributed by atoms with Crippen LogP contribution in [0.15, 0.2) is 22.7 Å². The van der Waals surface area contributed by atoms with E-state index in [4.69, 9.17) is 11.6 Å². The smallest absolute Gasteiger partial charge is 0.122 e. The van der Waals surface area contributed by atoms with E-state index in [2.05, 4.69) is 41.2 Å². The third-order valence-corrected chi connectivity index (χ3v) is 4.02. The van der Waals surface area contributed by atoms with Crippen molar-refractivity contribution in [1.29, 1.82) is 5.26 Å². The molecule has 0 spiro atoms. The minimum Gasteiger partial charge on any atom is -0.368 e.